The molecular weight excluding hydrogens is 218 g/mol. The van der Waals surface area contributed by atoms with Gasteiger partial charge in [0.2, 0.25) is 0 Å². The van der Waals surface area contributed by atoms with E-state index in [-0.39, 0.29) is 11.4 Å². The Labute approximate surface area is 90.7 Å². The minimum atomic E-state index is -0.934. The van der Waals surface area contributed by atoms with Crippen molar-refractivity contribution in [2.45, 2.75) is 31.5 Å². The molecule has 84 valence electrons. The average Bonchev–Trinajstić information content (AvgIpc) is 2.42. The molecule has 0 aliphatic carbocycles. The van der Waals surface area contributed by atoms with E-state index in [9.17, 15) is 9.59 Å². The van der Waals surface area contributed by atoms with Gasteiger partial charge in [0.05, 0.1) is 5.75 Å². The number of nitrogens with one attached hydrogen (secondary N) is 1. The maximum atomic E-state index is 11.4. The van der Waals surface area contributed by atoms with Crippen LogP contribution in [0.25, 0.3) is 0 Å². The van der Waals surface area contributed by atoms with Crippen molar-refractivity contribution < 1.29 is 9.90 Å². The predicted octanol–water partition coefficient (Wildman–Crippen LogP) is 0.503. The lowest BCUT2D eigenvalue weighted by Crippen LogP contribution is -2.32. The second-order valence-corrected chi connectivity index (χ2v) is 4.94. The summed E-state index contributed by atoms with van der Waals surface area (Å²) in [5, 5.41) is 15.0. The first-order chi connectivity index (χ1) is 6.82. The van der Waals surface area contributed by atoms with E-state index < -0.39 is 11.5 Å². The van der Waals surface area contributed by atoms with Gasteiger partial charge in [-0.2, -0.15) is 0 Å². The van der Waals surface area contributed by atoms with Crippen LogP contribution in [0.4, 0.5) is 0 Å². The monoisotopic (exact) mass is 231 g/mol. The Morgan fingerprint density at radius 1 is 1.60 bits per heavy atom. The summed E-state index contributed by atoms with van der Waals surface area (Å²) in [5.74, 6) is -1.05. The summed E-state index contributed by atoms with van der Waals surface area (Å²) in [7, 11) is 0. The summed E-state index contributed by atoms with van der Waals surface area (Å²) in [5.41, 5.74) is -0.735. The Bertz CT molecular complexity index is 416. The third-order valence-electron chi connectivity index (χ3n) is 1.64. The van der Waals surface area contributed by atoms with Crippen molar-refractivity contribution in [3.63, 3.8) is 0 Å². The molecule has 1 rings (SSSR count). The Hall–Kier alpha value is -1.24. The molecule has 0 radical (unpaired) electrons. The fraction of sp³-hybridized carbons (Fsp3) is 0.625. The normalized spacial score (nSPS) is 11.7. The van der Waals surface area contributed by atoms with Gasteiger partial charge in [0.15, 0.2) is 5.16 Å². The maximum absolute atomic E-state index is 11.4. The van der Waals surface area contributed by atoms with Crippen LogP contribution in [-0.4, -0.2) is 31.6 Å². The van der Waals surface area contributed by atoms with Crippen molar-refractivity contribution in [3.05, 3.63) is 10.5 Å². The molecule has 7 heteroatoms. The smallest absolute Gasteiger partial charge is 0.344 e. The third kappa shape index (κ3) is 2.85. The molecule has 0 aromatic carbocycles. The summed E-state index contributed by atoms with van der Waals surface area (Å²) in [6.45, 7) is 5.57. The summed E-state index contributed by atoms with van der Waals surface area (Å²) in [6.07, 6.45) is 0. The SMILES string of the molecule is CC(C)(C)n1c(SCC(=O)O)n[nH]c1=O. The van der Waals surface area contributed by atoms with Crippen LogP contribution >= 0.6 is 11.8 Å². The minimum Gasteiger partial charge on any atom is -0.481 e. The lowest BCUT2D eigenvalue weighted by Gasteiger charge is -2.20. The summed E-state index contributed by atoms with van der Waals surface area (Å²) >= 11 is 1.02. The summed E-state index contributed by atoms with van der Waals surface area (Å²) in [4.78, 5) is 21.8. The van der Waals surface area contributed by atoms with Crippen LogP contribution < -0.4 is 5.69 Å². The van der Waals surface area contributed by atoms with Gasteiger partial charge in [-0.3, -0.25) is 9.36 Å². The van der Waals surface area contributed by atoms with Crippen LogP contribution in [0.15, 0.2) is 9.95 Å². The Morgan fingerprint density at radius 3 is 2.67 bits per heavy atom. The molecule has 2 N–H and O–H groups in total. The lowest BCUT2D eigenvalue weighted by atomic mass is 10.1. The van der Waals surface area contributed by atoms with E-state index in [2.05, 4.69) is 10.2 Å². The Balaban J connectivity index is 3.00. The number of nitrogens with zero attached hydrogens (tertiary/aromatic N) is 2. The molecular formula is C8H13N3O3S. The molecule has 15 heavy (non-hydrogen) atoms. The zero-order chi connectivity index (χ0) is 11.6. The number of aromatic amines is 1. The largest absolute Gasteiger partial charge is 0.481 e. The van der Waals surface area contributed by atoms with Crippen molar-refractivity contribution in [3.8, 4) is 0 Å². The highest BCUT2D eigenvalue weighted by Crippen LogP contribution is 2.20. The molecule has 0 aliphatic heterocycles. The number of thioether (sulfide) groups is 1. The average molecular weight is 231 g/mol. The van der Waals surface area contributed by atoms with Gasteiger partial charge < -0.3 is 5.11 Å². The molecule has 0 fully saturated rings. The molecule has 0 spiro atoms. The number of H-pyrrole nitrogens is 1. The van der Waals surface area contributed by atoms with Gasteiger partial charge in [0.25, 0.3) is 0 Å². The number of carboxylic acids is 1. The molecule has 1 aromatic heterocycles. The van der Waals surface area contributed by atoms with E-state index >= 15 is 0 Å². The first kappa shape index (κ1) is 11.8. The highest BCUT2D eigenvalue weighted by molar-refractivity contribution is 7.99. The molecule has 0 bridgehead atoms. The molecule has 0 saturated heterocycles. The fourth-order valence-electron chi connectivity index (χ4n) is 1.10. The van der Waals surface area contributed by atoms with Crippen molar-refractivity contribution in [1.29, 1.82) is 0 Å². The molecule has 0 saturated carbocycles. The number of aliphatic carboxylic acids is 1. The molecule has 6 nitrogen and oxygen atoms in total. The van der Waals surface area contributed by atoms with E-state index in [0.29, 0.717) is 5.16 Å². The first-order valence-electron chi connectivity index (χ1n) is 4.35. The standard InChI is InChI=1S/C8H13N3O3S/c1-8(2,3)11-6(14)9-10-7(11)15-4-5(12)13/h4H2,1-3H3,(H,9,14)(H,12,13). The summed E-state index contributed by atoms with van der Waals surface area (Å²) < 4.78 is 1.45. The predicted molar refractivity (Wildman–Crippen MR) is 56.2 cm³/mol. The van der Waals surface area contributed by atoms with Gasteiger partial charge in [0, 0.05) is 5.54 Å². The van der Waals surface area contributed by atoms with Crippen LogP contribution in [0.2, 0.25) is 0 Å². The van der Waals surface area contributed by atoms with Gasteiger partial charge in [-0.25, -0.2) is 9.89 Å². The maximum Gasteiger partial charge on any atom is 0.344 e. The van der Waals surface area contributed by atoms with Crippen molar-refractivity contribution in [1.82, 2.24) is 14.8 Å². The number of hydrogen-bond acceptors (Lipinski definition) is 4. The number of rotatable bonds is 3. The highest BCUT2D eigenvalue weighted by atomic mass is 32.2. The second kappa shape index (κ2) is 4.09. The fourth-order valence-corrected chi connectivity index (χ4v) is 1.95. The lowest BCUT2D eigenvalue weighted by molar-refractivity contribution is -0.133. The van der Waals surface area contributed by atoms with Crippen molar-refractivity contribution in [2.24, 2.45) is 0 Å². The van der Waals surface area contributed by atoms with Crippen LogP contribution in [0, 0.1) is 0 Å². The van der Waals surface area contributed by atoms with Crippen LogP contribution in [-0.2, 0) is 10.3 Å². The zero-order valence-corrected chi connectivity index (χ0v) is 9.59. The molecule has 0 amide bonds. The number of carbonyl (C=O) groups is 1. The number of carboxylic acid groups (broad SMARTS) is 1. The number of hydrogen-bond donors (Lipinski definition) is 2. The zero-order valence-electron chi connectivity index (χ0n) is 8.77. The highest BCUT2D eigenvalue weighted by Gasteiger charge is 2.21. The van der Waals surface area contributed by atoms with Crippen molar-refractivity contribution >= 4 is 17.7 Å². The van der Waals surface area contributed by atoms with E-state index in [0.717, 1.165) is 11.8 Å². The van der Waals surface area contributed by atoms with Crippen LogP contribution in [0.1, 0.15) is 20.8 Å². The minimum absolute atomic E-state index is 0.111. The first-order valence-corrected chi connectivity index (χ1v) is 5.33. The number of aromatic nitrogens is 3. The molecule has 0 atom stereocenters. The van der Waals surface area contributed by atoms with Gasteiger partial charge >= 0.3 is 11.7 Å². The van der Waals surface area contributed by atoms with E-state index in [1.807, 2.05) is 20.8 Å². The van der Waals surface area contributed by atoms with Gasteiger partial charge in [0.1, 0.15) is 0 Å². The van der Waals surface area contributed by atoms with Crippen molar-refractivity contribution in [2.75, 3.05) is 5.75 Å². The topological polar surface area (TPSA) is 88.0 Å². The molecule has 1 heterocycles. The Kier molecular flexibility index (Phi) is 3.23. The molecule has 1 aromatic rings. The quantitative estimate of drug-likeness (QED) is 0.740. The second-order valence-electron chi connectivity index (χ2n) is 4.00. The van der Waals surface area contributed by atoms with E-state index in [4.69, 9.17) is 5.11 Å². The third-order valence-corrected chi connectivity index (χ3v) is 2.56. The van der Waals surface area contributed by atoms with Gasteiger partial charge in [-0.1, -0.05) is 11.8 Å². The van der Waals surface area contributed by atoms with Gasteiger partial charge in [-0.05, 0) is 20.8 Å². The molecule has 0 aliphatic rings. The van der Waals surface area contributed by atoms with Crippen LogP contribution in [0.5, 0.6) is 0 Å². The van der Waals surface area contributed by atoms with E-state index in [1.165, 1.54) is 4.57 Å². The Morgan fingerprint density at radius 2 is 2.20 bits per heavy atom. The van der Waals surface area contributed by atoms with Crippen LogP contribution in [0.3, 0.4) is 0 Å². The van der Waals surface area contributed by atoms with Gasteiger partial charge in [-0.15, -0.1) is 5.10 Å². The van der Waals surface area contributed by atoms with E-state index in [1.54, 1.807) is 0 Å². The summed E-state index contributed by atoms with van der Waals surface area (Å²) in [6, 6.07) is 0. The molecule has 0 unspecified atom stereocenters.